The second kappa shape index (κ2) is 8.48. The zero-order valence-corrected chi connectivity index (χ0v) is 12.8. The Morgan fingerprint density at radius 1 is 0.952 bits per heavy atom. The van der Waals surface area contributed by atoms with Gasteiger partial charge in [0.05, 0.1) is 0 Å². The smallest absolute Gasteiger partial charge is 0.115 e. The second-order valence-electron chi connectivity index (χ2n) is 5.50. The summed E-state index contributed by atoms with van der Waals surface area (Å²) in [6, 6.07) is 18.4. The minimum Gasteiger partial charge on any atom is -0.508 e. The molecule has 0 radical (unpaired) electrons. The Bertz CT molecular complexity index is 507. The standard InChI is InChI=1S/C19H25NO/c1-2-3-7-14-20-19(15-16-8-5-4-6-9-16)17-10-12-18(21)13-11-17/h4-6,8-13,19-21H,2-3,7,14-15H2,1H3/t19-/m1/s1. The van der Waals surface area contributed by atoms with Crippen molar-refractivity contribution in [3.63, 3.8) is 0 Å². The number of hydrogen-bond donors (Lipinski definition) is 2. The van der Waals surface area contributed by atoms with E-state index in [4.69, 9.17) is 0 Å². The molecule has 2 aromatic rings. The minimum atomic E-state index is 0.296. The van der Waals surface area contributed by atoms with Crippen LogP contribution in [0.4, 0.5) is 0 Å². The molecule has 0 saturated heterocycles. The number of rotatable bonds is 8. The average Bonchev–Trinajstić information content (AvgIpc) is 2.52. The summed E-state index contributed by atoms with van der Waals surface area (Å²) in [5, 5.41) is 13.1. The van der Waals surface area contributed by atoms with Crippen LogP contribution in [0.1, 0.15) is 43.4 Å². The molecular weight excluding hydrogens is 258 g/mol. The molecule has 112 valence electrons. The molecule has 2 N–H and O–H groups in total. The fourth-order valence-electron chi connectivity index (χ4n) is 2.52. The van der Waals surface area contributed by atoms with Gasteiger partial charge in [-0.2, -0.15) is 0 Å². The van der Waals surface area contributed by atoms with Crippen molar-refractivity contribution in [1.29, 1.82) is 0 Å². The molecule has 2 aromatic carbocycles. The Morgan fingerprint density at radius 3 is 2.33 bits per heavy atom. The maximum Gasteiger partial charge on any atom is 0.115 e. The second-order valence-corrected chi connectivity index (χ2v) is 5.50. The van der Waals surface area contributed by atoms with Gasteiger partial charge in [-0.25, -0.2) is 0 Å². The van der Waals surface area contributed by atoms with E-state index >= 15 is 0 Å². The first-order valence-electron chi connectivity index (χ1n) is 7.86. The third-order valence-corrected chi connectivity index (χ3v) is 3.75. The number of benzene rings is 2. The van der Waals surface area contributed by atoms with Crippen molar-refractivity contribution in [3.8, 4) is 5.75 Å². The predicted molar refractivity (Wildman–Crippen MR) is 88.5 cm³/mol. The molecule has 0 aliphatic rings. The Morgan fingerprint density at radius 2 is 1.67 bits per heavy atom. The number of aromatic hydroxyl groups is 1. The highest BCUT2D eigenvalue weighted by atomic mass is 16.3. The van der Waals surface area contributed by atoms with Crippen LogP contribution in [-0.2, 0) is 6.42 Å². The summed E-state index contributed by atoms with van der Waals surface area (Å²) >= 11 is 0. The molecule has 0 amide bonds. The zero-order chi connectivity index (χ0) is 14.9. The van der Waals surface area contributed by atoms with Gasteiger partial charge in [-0.05, 0) is 42.6 Å². The molecule has 0 heterocycles. The van der Waals surface area contributed by atoms with Gasteiger partial charge in [0.2, 0.25) is 0 Å². The molecule has 0 bridgehead atoms. The van der Waals surface area contributed by atoms with Gasteiger partial charge in [-0.3, -0.25) is 0 Å². The zero-order valence-electron chi connectivity index (χ0n) is 12.8. The maximum atomic E-state index is 9.45. The number of phenols is 1. The molecule has 0 spiro atoms. The quantitative estimate of drug-likeness (QED) is 0.701. The predicted octanol–water partition coefficient (Wildman–Crippen LogP) is 4.46. The van der Waals surface area contributed by atoms with Gasteiger partial charge in [0.25, 0.3) is 0 Å². The lowest BCUT2D eigenvalue weighted by molar-refractivity contribution is 0.473. The Kier molecular flexibility index (Phi) is 6.29. The Balaban J connectivity index is 2.04. The fraction of sp³-hybridized carbons (Fsp3) is 0.368. The monoisotopic (exact) mass is 283 g/mol. The molecule has 2 heteroatoms. The molecular formula is C19H25NO. The lowest BCUT2D eigenvalue weighted by Crippen LogP contribution is -2.24. The summed E-state index contributed by atoms with van der Waals surface area (Å²) in [5.41, 5.74) is 2.56. The third-order valence-electron chi connectivity index (χ3n) is 3.75. The molecule has 0 aliphatic heterocycles. The number of hydrogen-bond acceptors (Lipinski definition) is 2. The lowest BCUT2D eigenvalue weighted by atomic mass is 9.98. The summed E-state index contributed by atoms with van der Waals surface area (Å²) in [4.78, 5) is 0. The van der Waals surface area contributed by atoms with E-state index in [2.05, 4.69) is 36.5 Å². The van der Waals surface area contributed by atoms with Crippen LogP contribution in [0.2, 0.25) is 0 Å². The highest BCUT2D eigenvalue weighted by Crippen LogP contribution is 2.21. The van der Waals surface area contributed by atoms with Gasteiger partial charge in [0.15, 0.2) is 0 Å². The minimum absolute atomic E-state index is 0.296. The topological polar surface area (TPSA) is 32.3 Å². The molecule has 2 rings (SSSR count). The molecule has 0 fully saturated rings. The van der Waals surface area contributed by atoms with E-state index in [1.54, 1.807) is 12.1 Å². The van der Waals surface area contributed by atoms with Gasteiger partial charge in [0, 0.05) is 6.04 Å². The van der Waals surface area contributed by atoms with Crippen LogP contribution in [0.25, 0.3) is 0 Å². The molecule has 0 aliphatic carbocycles. The van der Waals surface area contributed by atoms with E-state index < -0.39 is 0 Å². The number of nitrogens with one attached hydrogen (secondary N) is 1. The van der Waals surface area contributed by atoms with Gasteiger partial charge < -0.3 is 10.4 Å². The molecule has 1 atom stereocenters. The first-order valence-corrected chi connectivity index (χ1v) is 7.86. The molecule has 0 aromatic heterocycles. The van der Waals surface area contributed by atoms with Crippen LogP contribution in [0, 0.1) is 0 Å². The summed E-state index contributed by atoms with van der Waals surface area (Å²) in [7, 11) is 0. The molecule has 0 saturated carbocycles. The first-order chi connectivity index (χ1) is 10.3. The lowest BCUT2D eigenvalue weighted by Gasteiger charge is -2.19. The molecule has 2 nitrogen and oxygen atoms in total. The van der Waals surface area contributed by atoms with E-state index in [-0.39, 0.29) is 0 Å². The van der Waals surface area contributed by atoms with Gasteiger partial charge in [-0.15, -0.1) is 0 Å². The first kappa shape index (κ1) is 15.6. The van der Waals surface area contributed by atoms with E-state index in [0.717, 1.165) is 13.0 Å². The number of phenolic OH excluding ortho intramolecular Hbond substituents is 1. The normalized spacial score (nSPS) is 12.2. The van der Waals surface area contributed by atoms with E-state index in [0.29, 0.717) is 11.8 Å². The summed E-state index contributed by atoms with van der Waals surface area (Å²) < 4.78 is 0. The summed E-state index contributed by atoms with van der Waals surface area (Å²) in [6.07, 6.45) is 4.68. The van der Waals surface area contributed by atoms with Crippen LogP contribution in [-0.4, -0.2) is 11.7 Å². The van der Waals surface area contributed by atoms with Gasteiger partial charge in [-0.1, -0.05) is 62.2 Å². The van der Waals surface area contributed by atoms with Crippen molar-refractivity contribution in [1.82, 2.24) is 5.32 Å². The van der Waals surface area contributed by atoms with Crippen molar-refractivity contribution >= 4 is 0 Å². The van der Waals surface area contributed by atoms with E-state index in [1.165, 1.54) is 30.4 Å². The van der Waals surface area contributed by atoms with Crippen molar-refractivity contribution in [2.24, 2.45) is 0 Å². The van der Waals surface area contributed by atoms with Crippen LogP contribution < -0.4 is 5.32 Å². The van der Waals surface area contributed by atoms with Crippen molar-refractivity contribution in [2.45, 2.75) is 38.6 Å². The van der Waals surface area contributed by atoms with Crippen LogP contribution in [0.3, 0.4) is 0 Å². The van der Waals surface area contributed by atoms with E-state index in [9.17, 15) is 5.11 Å². The average molecular weight is 283 g/mol. The highest BCUT2D eigenvalue weighted by Gasteiger charge is 2.11. The van der Waals surface area contributed by atoms with E-state index in [1.807, 2.05) is 18.2 Å². The maximum absolute atomic E-state index is 9.45. The van der Waals surface area contributed by atoms with Crippen LogP contribution in [0.5, 0.6) is 5.75 Å². The van der Waals surface area contributed by atoms with Crippen molar-refractivity contribution < 1.29 is 5.11 Å². The highest BCUT2D eigenvalue weighted by molar-refractivity contribution is 5.29. The van der Waals surface area contributed by atoms with Crippen molar-refractivity contribution in [2.75, 3.05) is 6.54 Å². The largest absolute Gasteiger partial charge is 0.508 e. The SMILES string of the molecule is CCCCCN[C@H](Cc1ccccc1)c1ccc(O)cc1. The molecule has 21 heavy (non-hydrogen) atoms. The van der Waals surface area contributed by atoms with Crippen molar-refractivity contribution in [3.05, 3.63) is 65.7 Å². The van der Waals surface area contributed by atoms with Gasteiger partial charge >= 0.3 is 0 Å². The summed E-state index contributed by atoms with van der Waals surface area (Å²) in [6.45, 7) is 3.26. The third kappa shape index (κ3) is 5.24. The fourth-order valence-corrected chi connectivity index (χ4v) is 2.52. The van der Waals surface area contributed by atoms with Gasteiger partial charge in [0.1, 0.15) is 5.75 Å². The molecule has 0 unspecified atom stereocenters. The number of unbranched alkanes of at least 4 members (excludes halogenated alkanes) is 2. The van der Waals surface area contributed by atoms with Crippen LogP contribution >= 0.6 is 0 Å². The Hall–Kier alpha value is -1.80. The van der Waals surface area contributed by atoms with Crippen LogP contribution in [0.15, 0.2) is 54.6 Å². The summed E-state index contributed by atoms with van der Waals surface area (Å²) in [5.74, 6) is 0.322. The Labute approximate surface area is 127 Å².